The summed E-state index contributed by atoms with van der Waals surface area (Å²) >= 11 is 0. The van der Waals surface area contributed by atoms with Gasteiger partial charge in [-0.05, 0) is 37.5 Å². The summed E-state index contributed by atoms with van der Waals surface area (Å²) in [4.78, 5) is 27.4. The van der Waals surface area contributed by atoms with E-state index in [9.17, 15) is 9.59 Å². The van der Waals surface area contributed by atoms with E-state index in [0.29, 0.717) is 13.0 Å². The van der Waals surface area contributed by atoms with Crippen molar-refractivity contribution in [1.82, 2.24) is 15.2 Å². The van der Waals surface area contributed by atoms with Gasteiger partial charge in [0.15, 0.2) is 0 Å². The van der Waals surface area contributed by atoms with E-state index in [1.165, 1.54) is 5.56 Å². The molecule has 0 radical (unpaired) electrons. The molecule has 1 fully saturated rings. The first-order chi connectivity index (χ1) is 15.4. The van der Waals surface area contributed by atoms with Gasteiger partial charge in [-0.25, -0.2) is 5.01 Å². The molecule has 2 aliphatic rings. The zero-order valence-corrected chi connectivity index (χ0v) is 19.1. The van der Waals surface area contributed by atoms with E-state index in [1.54, 1.807) is 11.3 Å². The van der Waals surface area contributed by atoms with Crippen LogP contribution in [0.4, 0.5) is 0 Å². The van der Waals surface area contributed by atoms with Gasteiger partial charge in [0.2, 0.25) is 5.91 Å². The molecule has 170 valence electrons. The number of furan rings is 1. The Kier molecular flexibility index (Phi) is 6.74. The molecule has 1 saturated heterocycles. The Morgan fingerprint density at radius 3 is 2.50 bits per heavy atom. The molecule has 0 bridgehead atoms. The molecule has 32 heavy (non-hydrogen) atoms. The smallest absolute Gasteiger partial charge is 0.257 e. The van der Waals surface area contributed by atoms with Gasteiger partial charge in [-0.1, -0.05) is 43.7 Å². The SMILES string of the molecule is Cc1ccc(C2=NN(C(=O)CN3CCC(NC(=O)C(C)C)CC3)C(c3ccco3)C2)cc1. The zero-order chi connectivity index (χ0) is 22.7. The maximum Gasteiger partial charge on any atom is 0.257 e. The molecule has 0 spiro atoms. The van der Waals surface area contributed by atoms with E-state index in [-0.39, 0.29) is 29.8 Å². The minimum absolute atomic E-state index is 0.0103. The molecular weight excluding hydrogens is 404 g/mol. The number of hydrazone groups is 1. The van der Waals surface area contributed by atoms with E-state index in [1.807, 2.05) is 26.0 Å². The number of carbonyl (C=O) groups is 2. The van der Waals surface area contributed by atoms with Crippen LogP contribution in [-0.4, -0.2) is 53.1 Å². The summed E-state index contributed by atoms with van der Waals surface area (Å²) in [5, 5.41) is 9.42. The van der Waals surface area contributed by atoms with E-state index in [2.05, 4.69) is 41.4 Å². The number of benzene rings is 1. The molecule has 0 aliphatic carbocycles. The Morgan fingerprint density at radius 1 is 1.16 bits per heavy atom. The van der Waals surface area contributed by atoms with E-state index in [0.717, 1.165) is 43.0 Å². The second-order valence-corrected chi connectivity index (χ2v) is 9.10. The van der Waals surface area contributed by atoms with Crippen LogP contribution in [0.25, 0.3) is 0 Å². The van der Waals surface area contributed by atoms with Gasteiger partial charge in [0.05, 0.1) is 18.5 Å². The molecule has 2 amide bonds. The van der Waals surface area contributed by atoms with Crippen molar-refractivity contribution in [2.45, 2.75) is 52.1 Å². The van der Waals surface area contributed by atoms with Crippen LogP contribution in [0.3, 0.4) is 0 Å². The van der Waals surface area contributed by atoms with Crippen LogP contribution < -0.4 is 5.32 Å². The average Bonchev–Trinajstić information content (AvgIpc) is 3.45. The Bertz CT molecular complexity index is 958. The molecule has 7 heteroatoms. The lowest BCUT2D eigenvalue weighted by molar-refractivity contribution is -0.135. The third kappa shape index (κ3) is 5.10. The van der Waals surface area contributed by atoms with Crippen molar-refractivity contribution in [3.05, 3.63) is 59.5 Å². The van der Waals surface area contributed by atoms with Gasteiger partial charge < -0.3 is 9.73 Å². The molecule has 1 atom stereocenters. The first-order valence-corrected chi connectivity index (χ1v) is 11.4. The number of rotatable bonds is 6. The lowest BCUT2D eigenvalue weighted by Crippen LogP contribution is -2.48. The second-order valence-electron chi connectivity index (χ2n) is 9.10. The molecular formula is C25H32N4O3. The molecule has 4 rings (SSSR count). The van der Waals surface area contributed by atoms with Gasteiger partial charge in [-0.3, -0.25) is 14.5 Å². The Morgan fingerprint density at radius 2 is 1.88 bits per heavy atom. The minimum Gasteiger partial charge on any atom is -0.467 e. The fourth-order valence-electron chi connectivity index (χ4n) is 4.23. The van der Waals surface area contributed by atoms with E-state index in [4.69, 9.17) is 9.52 Å². The van der Waals surface area contributed by atoms with Crippen molar-refractivity contribution in [2.24, 2.45) is 11.0 Å². The largest absolute Gasteiger partial charge is 0.467 e. The number of aryl methyl sites for hydroxylation is 1. The average molecular weight is 437 g/mol. The highest BCUT2D eigenvalue weighted by Gasteiger charge is 2.35. The van der Waals surface area contributed by atoms with Gasteiger partial charge in [-0.15, -0.1) is 0 Å². The molecule has 7 nitrogen and oxygen atoms in total. The number of nitrogens with one attached hydrogen (secondary N) is 1. The lowest BCUT2D eigenvalue weighted by Gasteiger charge is -2.33. The third-order valence-corrected chi connectivity index (χ3v) is 6.24. The number of hydrogen-bond donors (Lipinski definition) is 1. The predicted octanol–water partition coefficient (Wildman–Crippen LogP) is 3.50. The minimum atomic E-state index is -0.225. The normalized spacial score (nSPS) is 19.9. The van der Waals surface area contributed by atoms with Crippen LogP contribution >= 0.6 is 0 Å². The predicted molar refractivity (Wildman–Crippen MR) is 123 cm³/mol. The molecule has 1 unspecified atom stereocenters. The van der Waals surface area contributed by atoms with Gasteiger partial charge in [0.25, 0.3) is 5.91 Å². The molecule has 1 N–H and O–H groups in total. The van der Waals surface area contributed by atoms with Crippen molar-refractivity contribution >= 4 is 17.5 Å². The van der Waals surface area contributed by atoms with Crippen molar-refractivity contribution in [1.29, 1.82) is 0 Å². The summed E-state index contributed by atoms with van der Waals surface area (Å²) in [6, 6.07) is 11.9. The number of amides is 2. The van der Waals surface area contributed by atoms with Crippen LogP contribution in [0, 0.1) is 12.8 Å². The molecule has 3 heterocycles. The van der Waals surface area contributed by atoms with Crippen LogP contribution in [0.1, 0.15) is 56.0 Å². The highest BCUT2D eigenvalue weighted by atomic mass is 16.3. The van der Waals surface area contributed by atoms with Crippen LogP contribution in [0.15, 0.2) is 52.2 Å². The molecule has 1 aromatic carbocycles. The highest BCUT2D eigenvalue weighted by molar-refractivity contribution is 6.03. The number of hydrogen-bond acceptors (Lipinski definition) is 5. The van der Waals surface area contributed by atoms with E-state index < -0.39 is 0 Å². The monoisotopic (exact) mass is 436 g/mol. The lowest BCUT2D eigenvalue weighted by atomic mass is 10.0. The van der Waals surface area contributed by atoms with Crippen LogP contribution in [-0.2, 0) is 9.59 Å². The molecule has 2 aliphatic heterocycles. The first kappa shape index (κ1) is 22.3. The van der Waals surface area contributed by atoms with Gasteiger partial charge in [0.1, 0.15) is 11.8 Å². The Hall–Kier alpha value is -2.93. The topological polar surface area (TPSA) is 78.2 Å². The first-order valence-electron chi connectivity index (χ1n) is 11.4. The van der Waals surface area contributed by atoms with Gasteiger partial charge in [0, 0.05) is 31.5 Å². The fourth-order valence-corrected chi connectivity index (χ4v) is 4.23. The maximum absolute atomic E-state index is 13.3. The zero-order valence-electron chi connectivity index (χ0n) is 19.1. The Labute approximate surface area is 189 Å². The number of likely N-dealkylation sites (tertiary alicyclic amines) is 1. The van der Waals surface area contributed by atoms with Crippen molar-refractivity contribution in [3.8, 4) is 0 Å². The van der Waals surface area contributed by atoms with Crippen molar-refractivity contribution in [3.63, 3.8) is 0 Å². The summed E-state index contributed by atoms with van der Waals surface area (Å²) in [5.74, 6) is 0.803. The summed E-state index contributed by atoms with van der Waals surface area (Å²) < 4.78 is 5.64. The number of nitrogens with zero attached hydrogens (tertiary/aromatic N) is 3. The standard InChI is InChI=1S/C25H32N4O3/c1-17(2)25(31)26-20-10-12-28(13-11-20)16-24(30)29-22(23-5-4-14-32-23)15-21(27-29)19-8-6-18(3)7-9-19/h4-9,14,17,20,22H,10-13,15-16H2,1-3H3,(H,26,31). The van der Waals surface area contributed by atoms with Crippen molar-refractivity contribution in [2.75, 3.05) is 19.6 Å². The summed E-state index contributed by atoms with van der Waals surface area (Å²) in [6.45, 7) is 7.73. The van der Waals surface area contributed by atoms with Crippen molar-refractivity contribution < 1.29 is 14.0 Å². The summed E-state index contributed by atoms with van der Waals surface area (Å²) in [7, 11) is 0. The Balaban J connectivity index is 1.41. The number of piperidine rings is 1. The quantitative estimate of drug-likeness (QED) is 0.752. The third-order valence-electron chi connectivity index (χ3n) is 6.24. The van der Waals surface area contributed by atoms with E-state index >= 15 is 0 Å². The van der Waals surface area contributed by atoms with Gasteiger partial charge in [-0.2, -0.15) is 5.10 Å². The molecule has 0 saturated carbocycles. The second kappa shape index (κ2) is 9.69. The highest BCUT2D eigenvalue weighted by Crippen LogP contribution is 2.33. The number of carbonyl (C=O) groups excluding carboxylic acids is 2. The van der Waals surface area contributed by atoms with Gasteiger partial charge >= 0.3 is 0 Å². The fraction of sp³-hybridized carbons (Fsp3) is 0.480. The van der Waals surface area contributed by atoms with Crippen LogP contribution in [0.5, 0.6) is 0 Å². The summed E-state index contributed by atoms with van der Waals surface area (Å²) in [6.07, 6.45) is 3.97. The summed E-state index contributed by atoms with van der Waals surface area (Å²) in [5.41, 5.74) is 3.12. The molecule has 2 aromatic rings. The molecule has 1 aromatic heterocycles. The van der Waals surface area contributed by atoms with Crippen LogP contribution in [0.2, 0.25) is 0 Å². The maximum atomic E-state index is 13.3.